The van der Waals surface area contributed by atoms with Crippen molar-refractivity contribution in [1.29, 1.82) is 0 Å². The molecule has 1 atom stereocenters. The molecule has 0 unspecified atom stereocenters. The van der Waals surface area contributed by atoms with Crippen molar-refractivity contribution >= 4 is 23.3 Å². The quantitative estimate of drug-likeness (QED) is 0.689. The molecule has 1 aromatic heterocycles. The molecule has 2 aliphatic rings. The number of likely N-dealkylation sites (tertiary alicyclic amines) is 1. The van der Waals surface area contributed by atoms with Crippen LogP contribution >= 0.6 is 0 Å². The number of benzene rings is 1. The zero-order valence-electron chi connectivity index (χ0n) is 19.7. The van der Waals surface area contributed by atoms with E-state index in [9.17, 15) is 9.59 Å². The highest BCUT2D eigenvalue weighted by molar-refractivity contribution is 5.93. The molecule has 176 valence electrons. The Balaban J connectivity index is 1.24. The van der Waals surface area contributed by atoms with Gasteiger partial charge in [-0.15, -0.1) is 5.10 Å². The fourth-order valence-corrected chi connectivity index (χ4v) is 4.76. The number of hydrogen-bond donors (Lipinski definition) is 1. The lowest BCUT2D eigenvalue weighted by atomic mass is 9.89. The first-order valence-corrected chi connectivity index (χ1v) is 12.2. The Morgan fingerprint density at radius 1 is 1.06 bits per heavy atom. The summed E-state index contributed by atoms with van der Waals surface area (Å²) in [5, 5.41) is 11.2. The zero-order chi connectivity index (χ0) is 23.2. The molecular weight excluding hydrogens is 414 g/mol. The van der Waals surface area contributed by atoms with E-state index in [4.69, 9.17) is 0 Å². The Morgan fingerprint density at radius 2 is 1.82 bits per heavy atom. The SMILES string of the molecule is CC(C)CCC(=O)N1CCC(c2ccc(NC(=O)[C@H]3CCN(c4cccnn4)C3)cc2)CC1. The monoisotopic (exact) mass is 449 g/mol. The van der Waals surface area contributed by atoms with E-state index < -0.39 is 0 Å². The maximum absolute atomic E-state index is 12.8. The molecule has 0 spiro atoms. The van der Waals surface area contributed by atoms with Crippen LogP contribution in [0, 0.1) is 11.8 Å². The number of carbonyl (C=O) groups excluding carboxylic acids is 2. The van der Waals surface area contributed by atoms with E-state index in [1.165, 1.54) is 5.56 Å². The molecule has 2 saturated heterocycles. The molecule has 0 saturated carbocycles. The number of aromatic nitrogens is 2. The fraction of sp³-hybridized carbons (Fsp3) is 0.538. The molecule has 1 aromatic carbocycles. The van der Waals surface area contributed by atoms with Gasteiger partial charge in [0.2, 0.25) is 11.8 Å². The molecule has 0 bridgehead atoms. The van der Waals surface area contributed by atoms with E-state index in [0.29, 0.717) is 30.7 Å². The van der Waals surface area contributed by atoms with Gasteiger partial charge in [0.15, 0.2) is 5.82 Å². The van der Waals surface area contributed by atoms with E-state index in [-0.39, 0.29) is 11.8 Å². The van der Waals surface area contributed by atoms with Crippen molar-refractivity contribution in [3.8, 4) is 0 Å². The molecule has 7 nitrogen and oxygen atoms in total. The van der Waals surface area contributed by atoms with Crippen molar-refractivity contribution < 1.29 is 9.59 Å². The second kappa shape index (κ2) is 10.8. The molecule has 2 amide bonds. The van der Waals surface area contributed by atoms with Gasteiger partial charge in [0.05, 0.1) is 5.92 Å². The smallest absolute Gasteiger partial charge is 0.229 e. The van der Waals surface area contributed by atoms with E-state index in [1.807, 2.05) is 29.2 Å². The number of hydrogen-bond acceptors (Lipinski definition) is 5. The van der Waals surface area contributed by atoms with Gasteiger partial charge in [-0.2, -0.15) is 5.10 Å². The average Bonchev–Trinajstić information content (AvgIpc) is 3.34. The molecule has 4 rings (SSSR count). The van der Waals surface area contributed by atoms with Gasteiger partial charge in [-0.1, -0.05) is 26.0 Å². The minimum atomic E-state index is -0.0516. The highest BCUT2D eigenvalue weighted by atomic mass is 16.2. The summed E-state index contributed by atoms with van der Waals surface area (Å²) >= 11 is 0. The van der Waals surface area contributed by atoms with Gasteiger partial charge in [0.25, 0.3) is 0 Å². The normalized spacial score (nSPS) is 19.2. The van der Waals surface area contributed by atoms with Crippen LogP contribution < -0.4 is 10.2 Å². The van der Waals surface area contributed by atoms with Gasteiger partial charge in [-0.25, -0.2) is 0 Å². The van der Waals surface area contributed by atoms with E-state index >= 15 is 0 Å². The molecule has 7 heteroatoms. The second-order valence-electron chi connectivity index (χ2n) is 9.71. The molecule has 2 fully saturated rings. The van der Waals surface area contributed by atoms with E-state index in [0.717, 1.165) is 56.8 Å². The largest absolute Gasteiger partial charge is 0.354 e. The van der Waals surface area contributed by atoms with Crippen LogP contribution in [0.5, 0.6) is 0 Å². The Hall–Kier alpha value is -2.96. The molecule has 3 heterocycles. The highest BCUT2D eigenvalue weighted by Gasteiger charge is 2.29. The topological polar surface area (TPSA) is 78.4 Å². The fourth-order valence-electron chi connectivity index (χ4n) is 4.76. The first kappa shape index (κ1) is 23.2. The summed E-state index contributed by atoms with van der Waals surface area (Å²) < 4.78 is 0. The van der Waals surface area contributed by atoms with Crippen molar-refractivity contribution in [2.45, 2.75) is 51.9 Å². The van der Waals surface area contributed by atoms with Crippen LogP contribution in [0.3, 0.4) is 0 Å². The van der Waals surface area contributed by atoms with E-state index in [1.54, 1.807) is 6.20 Å². The Labute approximate surface area is 196 Å². The number of piperidine rings is 1. The van der Waals surface area contributed by atoms with Crippen LogP contribution in [0.2, 0.25) is 0 Å². The molecule has 0 aliphatic carbocycles. The first-order valence-electron chi connectivity index (χ1n) is 12.2. The lowest BCUT2D eigenvalue weighted by Gasteiger charge is -2.32. The molecule has 1 N–H and O–H groups in total. The van der Waals surface area contributed by atoms with Gasteiger partial charge >= 0.3 is 0 Å². The van der Waals surface area contributed by atoms with Gasteiger partial charge in [-0.3, -0.25) is 9.59 Å². The lowest BCUT2D eigenvalue weighted by Crippen LogP contribution is -2.37. The van der Waals surface area contributed by atoms with E-state index in [2.05, 4.69) is 46.4 Å². The summed E-state index contributed by atoms with van der Waals surface area (Å²) in [6, 6.07) is 12.0. The summed E-state index contributed by atoms with van der Waals surface area (Å²) in [7, 11) is 0. The van der Waals surface area contributed by atoms with Crippen molar-refractivity contribution in [2.75, 3.05) is 36.4 Å². The first-order chi connectivity index (χ1) is 16.0. The van der Waals surface area contributed by atoms with Crippen LogP contribution in [-0.4, -0.2) is 53.1 Å². The van der Waals surface area contributed by atoms with Crippen molar-refractivity contribution in [1.82, 2.24) is 15.1 Å². The summed E-state index contributed by atoms with van der Waals surface area (Å²) in [6.45, 7) is 7.47. The lowest BCUT2D eigenvalue weighted by molar-refractivity contribution is -0.132. The minimum Gasteiger partial charge on any atom is -0.354 e. The van der Waals surface area contributed by atoms with Crippen LogP contribution in [0.4, 0.5) is 11.5 Å². The van der Waals surface area contributed by atoms with Crippen LogP contribution in [0.1, 0.15) is 57.4 Å². The van der Waals surface area contributed by atoms with Crippen LogP contribution in [0.15, 0.2) is 42.6 Å². The third-order valence-electron chi connectivity index (χ3n) is 6.87. The number of nitrogens with one attached hydrogen (secondary N) is 1. The summed E-state index contributed by atoms with van der Waals surface area (Å²) in [4.78, 5) is 29.3. The maximum atomic E-state index is 12.8. The third kappa shape index (κ3) is 6.09. The molecule has 2 aliphatic heterocycles. The number of carbonyl (C=O) groups is 2. The summed E-state index contributed by atoms with van der Waals surface area (Å²) in [5.41, 5.74) is 2.12. The molecule has 0 radical (unpaired) electrons. The van der Waals surface area contributed by atoms with Crippen molar-refractivity contribution in [3.05, 3.63) is 48.2 Å². The van der Waals surface area contributed by atoms with Gasteiger partial charge in [0, 0.05) is 44.5 Å². The summed E-state index contributed by atoms with van der Waals surface area (Å²) in [6.07, 6.45) is 6.09. The Kier molecular flexibility index (Phi) is 7.57. The van der Waals surface area contributed by atoms with Crippen molar-refractivity contribution in [3.63, 3.8) is 0 Å². The molecular formula is C26H35N5O2. The third-order valence-corrected chi connectivity index (χ3v) is 6.87. The average molecular weight is 450 g/mol. The Bertz CT molecular complexity index is 923. The van der Waals surface area contributed by atoms with Crippen molar-refractivity contribution in [2.24, 2.45) is 11.8 Å². The number of anilines is 2. The Morgan fingerprint density at radius 3 is 2.48 bits per heavy atom. The number of rotatable bonds is 7. The predicted molar refractivity (Wildman–Crippen MR) is 130 cm³/mol. The maximum Gasteiger partial charge on any atom is 0.229 e. The minimum absolute atomic E-state index is 0.0516. The van der Waals surface area contributed by atoms with Gasteiger partial charge < -0.3 is 15.1 Å². The molecule has 33 heavy (non-hydrogen) atoms. The number of amides is 2. The standard InChI is InChI=1S/C26H35N5O2/c1-19(2)5-10-25(32)30-15-11-21(12-16-30)20-6-8-23(9-7-20)28-26(33)22-13-17-31(18-22)24-4-3-14-27-29-24/h3-4,6-9,14,19,21-22H,5,10-13,15-18H2,1-2H3,(H,28,33)/t22-/m0/s1. The van der Waals surface area contributed by atoms with Crippen LogP contribution in [0.25, 0.3) is 0 Å². The van der Waals surface area contributed by atoms with Gasteiger partial charge in [0.1, 0.15) is 0 Å². The van der Waals surface area contributed by atoms with Gasteiger partial charge in [-0.05, 0) is 67.3 Å². The highest BCUT2D eigenvalue weighted by Crippen LogP contribution is 2.30. The summed E-state index contributed by atoms with van der Waals surface area (Å²) in [5.74, 6) is 2.16. The van der Waals surface area contributed by atoms with Crippen LogP contribution in [-0.2, 0) is 9.59 Å². The molecule has 2 aromatic rings. The zero-order valence-corrected chi connectivity index (χ0v) is 19.7. The predicted octanol–water partition coefficient (Wildman–Crippen LogP) is 4.08. The number of nitrogens with zero attached hydrogens (tertiary/aromatic N) is 4. The second-order valence-corrected chi connectivity index (χ2v) is 9.71.